The summed E-state index contributed by atoms with van der Waals surface area (Å²) < 4.78 is 0. The number of carbonyl (C=O) groups excluding carboxylic acids is 1. The van der Waals surface area contributed by atoms with E-state index in [1.807, 2.05) is 31.2 Å². The van der Waals surface area contributed by atoms with Crippen molar-refractivity contribution in [2.75, 3.05) is 11.9 Å². The number of aliphatic hydroxyl groups is 1. The minimum Gasteiger partial charge on any atom is -0.389 e. The highest BCUT2D eigenvalue weighted by atomic mass is 16.3. The number of hydrogen-bond acceptors (Lipinski definition) is 3. The van der Waals surface area contributed by atoms with Crippen molar-refractivity contribution >= 4 is 11.6 Å². The molecule has 0 aromatic heterocycles. The summed E-state index contributed by atoms with van der Waals surface area (Å²) in [6.07, 6.45) is 2.61. The fourth-order valence-electron chi connectivity index (χ4n) is 2.57. The Labute approximate surface area is 114 Å². The average molecular weight is 262 g/mol. The third-order valence-electron chi connectivity index (χ3n) is 4.07. The summed E-state index contributed by atoms with van der Waals surface area (Å²) in [5.41, 5.74) is 6.72. The van der Waals surface area contributed by atoms with E-state index in [-0.39, 0.29) is 18.4 Å². The number of aryl methyl sites for hydroxylation is 1. The Morgan fingerprint density at radius 3 is 2.63 bits per heavy atom. The lowest BCUT2D eigenvalue weighted by Gasteiger charge is -2.34. The first-order valence-electron chi connectivity index (χ1n) is 6.83. The first-order chi connectivity index (χ1) is 9.04. The first-order valence-corrected chi connectivity index (χ1v) is 6.83. The van der Waals surface area contributed by atoms with Crippen LogP contribution in [-0.4, -0.2) is 23.2 Å². The van der Waals surface area contributed by atoms with Crippen LogP contribution in [0.25, 0.3) is 0 Å². The summed E-state index contributed by atoms with van der Waals surface area (Å²) in [6.45, 7) is 2.25. The van der Waals surface area contributed by atoms with Crippen LogP contribution in [0, 0.1) is 12.8 Å². The predicted octanol–water partition coefficient (Wildman–Crippen LogP) is 1.81. The van der Waals surface area contributed by atoms with Gasteiger partial charge < -0.3 is 16.2 Å². The lowest BCUT2D eigenvalue weighted by molar-refractivity contribution is -0.122. The first kappa shape index (κ1) is 14.0. The maximum absolute atomic E-state index is 12.2. The van der Waals surface area contributed by atoms with Gasteiger partial charge in [-0.25, -0.2) is 0 Å². The van der Waals surface area contributed by atoms with Gasteiger partial charge in [-0.1, -0.05) is 18.2 Å². The van der Waals surface area contributed by atoms with Gasteiger partial charge in [0.15, 0.2) is 0 Å². The molecule has 19 heavy (non-hydrogen) atoms. The minimum absolute atomic E-state index is 0.0218. The largest absolute Gasteiger partial charge is 0.389 e. The van der Waals surface area contributed by atoms with Crippen LogP contribution in [-0.2, 0) is 4.79 Å². The second-order valence-corrected chi connectivity index (χ2v) is 5.51. The van der Waals surface area contributed by atoms with Gasteiger partial charge in [0.25, 0.3) is 0 Å². The average Bonchev–Trinajstić information content (AvgIpc) is 2.42. The molecule has 4 heteroatoms. The Morgan fingerprint density at radius 2 is 2.05 bits per heavy atom. The van der Waals surface area contributed by atoms with Gasteiger partial charge in [-0.3, -0.25) is 4.79 Å². The van der Waals surface area contributed by atoms with Crippen LogP contribution in [0.4, 0.5) is 5.69 Å². The molecule has 0 bridgehead atoms. The van der Waals surface area contributed by atoms with E-state index in [4.69, 9.17) is 5.73 Å². The fraction of sp³-hybridized carbons (Fsp3) is 0.533. The number of amides is 1. The Hall–Kier alpha value is -1.39. The standard InChI is InChI=1S/C15H22N2O2/c1-11-4-2-3-5-13(11)17-14(18)12-6-8-15(19,10-16)9-7-12/h2-5,12,19H,6-10,16H2,1H3,(H,17,18). The van der Waals surface area contributed by atoms with E-state index in [0.29, 0.717) is 25.7 Å². The topological polar surface area (TPSA) is 75.3 Å². The molecule has 0 radical (unpaired) electrons. The van der Waals surface area contributed by atoms with Crippen LogP contribution in [0.3, 0.4) is 0 Å². The lowest BCUT2D eigenvalue weighted by atomic mass is 9.78. The molecule has 0 spiro atoms. The van der Waals surface area contributed by atoms with E-state index in [0.717, 1.165) is 11.3 Å². The quantitative estimate of drug-likeness (QED) is 0.777. The molecule has 2 rings (SSSR count). The number of rotatable bonds is 3. The molecule has 0 atom stereocenters. The highest BCUT2D eigenvalue weighted by Gasteiger charge is 2.34. The summed E-state index contributed by atoms with van der Waals surface area (Å²) >= 11 is 0. The summed E-state index contributed by atoms with van der Waals surface area (Å²) in [6, 6.07) is 7.75. The molecule has 1 aromatic rings. The highest BCUT2D eigenvalue weighted by molar-refractivity contribution is 5.93. The van der Waals surface area contributed by atoms with E-state index in [1.165, 1.54) is 0 Å². The van der Waals surface area contributed by atoms with Crippen molar-refractivity contribution in [3.8, 4) is 0 Å². The Kier molecular flexibility index (Phi) is 4.22. The molecule has 1 aromatic carbocycles. The molecule has 1 saturated carbocycles. The van der Waals surface area contributed by atoms with Crippen molar-refractivity contribution in [3.63, 3.8) is 0 Å². The highest BCUT2D eigenvalue weighted by Crippen LogP contribution is 2.32. The van der Waals surface area contributed by atoms with Crippen molar-refractivity contribution in [2.24, 2.45) is 11.7 Å². The minimum atomic E-state index is -0.764. The van der Waals surface area contributed by atoms with Gasteiger partial charge in [-0.15, -0.1) is 0 Å². The summed E-state index contributed by atoms with van der Waals surface area (Å²) in [5.74, 6) is 0.0276. The van der Waals surface area contributed by atoms with Crippen LogP contribution in [0.1, 0.15) is 31.2 Å². The number of carbonyl (C=O) groups is 1. The van der Waals surface area contributed by atoms with Crippen molar-refractivity contribution in [3.05, 3.63) is 29.8 Å². The Bertz CT molecular complexity index is 451. The lowest BCUT2D eigenvalue weighted by Crippen LogP contribution is -2.43. The van der Waals surface area contributed by atoms with Crippen LogP contribution >= 0.6 is 0 Å². The predicted molar refractivity (Wildman–Crippen MR) is 75.8 cm³/mol. The van der Waals surface area contributed by atoms with Crippen molar-refractivity contribution < 1.29 is 9.90 Å². The van der Waals surface area contributed by atoms with Gasteiger partial charge in [0.2, 0.25) is 5.91 Å². The molecule has 1 aliphatic rings. The van der Waals surface area contributed by atoms with Crippen LogP contribution in [0.5, 0.6) is 0 Å². The Balaban J connectivity index is 1.94. The zero-order valence-electron chi connectivity index (χ0n) is 11.4. The number of nitrogens with two attached hydrogens (primary N) is 1. The Morgan fingerprint density at radius 1 is 1.42 bits per heavy atom. The number of para-hydroxylation sites is 1. The zero-order valence-corrected chi connectivity index (χ0v) is 11.4. The van der Waals surface area contributed by atoms with Crippen LogP contribution in [0.15, 0.2) is 24.3 Å². The number of anilines is 1. The van der Waals surface area contributed by atoms with Crippen LogP contribution < -0.4 is 11.1 Å². The van der Waals surface area contributed by atoms with Gasteiger partial charge in [0, 0.05) is 18.2 Å². The molecular formula is C15H22N2O2. The third kappa shape index (κ3) is 3.33. The van der Waals surface area contributed by atoms with E-state index in [9.17, 15) is 9.90 Å². The number of hydrogen-bond donors (Lipinski definition) is 3. The molecule has 0 saturated heterocycles. The van der Waals surface area contributed by atoms with Crippen molar-refractivity contribution in [2.45, 2.75) is 38.2 Å². The van der Waals surface area contributed by atoms with Gasteiger partial charge in [-0.05, 0) is 44.2 Å². The fourth-order valence-corrected chi connectivity index (χ4v) is 2.57. The summed E-state index contributed by atoms with van der Waals surface area (Å²) in [7, 11) is 0. The van der Waals surface area contributed by atoms with Gasteiger partial charge in [0.1, 0.15) is 0 Å². The molecule has 1 aliphatic carbocycles. The molecule has 4 N–H and O–H groups in total. The number of nitrogens with one attached hydrogen (secondary N) is 1. The summed E-state index contributed by atoms with van der Waals surface area (Å²) in [4.78, 5) is 12.2. The van der Waals surface area contributed by atoms with Crippen molar-refractivity contribution in [1.82, 2.24) is 0 Å². The molecule has 0 unspecified atom stereocenters. The third-order valence-corrected chi connectivity index (χ3v) is 4.07. The molecule has 104 valence electrons. The number of benzene rings is 1. The maximum atomic E-state index is 12.2. The van der Waals surface area contributed by atoms with E-state index < -0.39 is 5.60 Å². The van der Waals surface area contributed by atoms with E-state index in [2.05, 4.69) is 5.32 Å². The SMILES string of the molecule is Cc1ccccc1NC(=O)C1CCC(O)(CN)CC1. The molecular weight excluding hydrogens is 240 g/mol. The van der Waals surface area contributed by atoms with Crippen molar-refractivity contribution in [1.29, 1.82) is 0 Å². The molecule has 4 nitrogen and oxygen atoms in total. The van der Waals surface area contributed by atoms with E-state index >= 15 is 0 Å². The monoisotopic (exact) mass is 262 g/mol. The smallest absolute Gasteiger partial charge is 0.227 e. The molecule has 1 amide bonds. The van der Waals surface area contributed by atoms with Crippen LogP contribution in [0.2, 0.25) is 0 Å². The molecule has 0 heterocycles. The molecule has 1 fully saturated rings. The van der Waals surface area contributed by atoms with Gasteiger partial charge in [-0.2, -0.15) is 0 Å². The van der Waals surface area contributed by atoms with Gasteiger partial charge >= 0.3 is 0 Å². The second kappa shape index (κ2) is 5.72. The summed E-state index contributed by atoms with van der Waals surface area (Å²) in [5, 5.41) is 13.0. The normalized spacial score (nSPS) is 27.0. The van der Waals surface area contributed by atoms with E-state index in [1.54, 1.807) is 0 Å². The second-order valence-electron chi connectivity index (χ2n) is 5.51. The molecule has 0 aliphatic heterocycles. The van der Waals surface area contributed by atoms with Gasteiger partial charge in [0.05, 0.1) is 5.60 Å². The maximum Gasteiger partial charge on any atom is 0.227 e. The zero-order chi connectivity index (χ0) is 13.9.